The fourth-order valence-electron chi connectivity index (χ4n) is 1.40. The van der Waals surface area contributed by atoms with Gasteiger partial charge in [0.25, 0.3) is 0 Å². The third-order valence-electron chi connectivity index (χ3n) is 2.83. The summed E-state index contributed by atoms with van der Waals surface area (Å²) >= 11 is 9.19. The molecule has 0 fully saturated rings. The average Bonchev–Trinajstić information content (AvgIpc) is 2.38. The Bertz CT molecular complexity index is 569. The van der Waals surface area contributed by atoms with Gasteiger partial charge in [-0.05, 0) is 35.0 Å². The topological polar surface area (TPSA) is 72.6 Å². The molecule has 0 aromatic heterocycles. The van der Waals surface area contributed by atoms with Gasteiger partial charge in [-0.2, -0.15) is 4.31 Å². The van der Waals surface area contributed by atoms with E-state index in [0.29, 0.717) is 10.2 Å². The molecule has 1 aromatic rings. The van der Waals surface area contributed by atoms with Crippen molar-refractivity contribution >= 4 is 50.0 Å². The number of rotatable bonds is 5. The third kappa shape index (κ3) is 3.99. The normalized spacial score (nSPS) is 12.9. The highest BCUT2D eigenvalue weighted by Gasteiger charge is 2.27. The van der Waals surface area contributed by atoms with E-state index in [9.17, 15) is 8.42 Å². The maximum absolute atomic E-state index is 12.4. The van der Waals surface area contributed by atoms with Crippen LogP contribution in [0.5, 0.6) is 5.75 Å². The standard InChI is InChI=1S/C11H16BrClN2O3S.ClH/c1-7(6-14)15(2)19(16,17)11-5-9(13)10(18-3)4-8(11)12;/h4-5,7H,6,14H2,1-3H3;1H. The zero-order chi connectivity index (χ0) is 14.8. The van der Waals surface area contributed by atoms with Crippen LogP contribution in [0.3, 0.4) is 0 Å². The van der Waals surface area contributed by atoms with Crippen molar-refractivity contribution in [2.24, 2.45) is 5.73 Å². The van der Waals surface area contributed by atoms with E-state index in [-0.39, 0.29) is 34.9 Å². The van der Waals surface area contributed by atoms with E-state index in [2.05, 4.69) is 15.9 Å². The minimum Gasteiger partial charge on any atom is -0.495 e. The molecule has 0 aliphatic heterocycles. The van der Waals surface area contributed by atoms with Crippen LogP contribution >= 0.6 is 39.9 Å². The van der Waals surface area contributed by atoms with E-state index in [1.165, 1.54) is 30.6 Å². The molecule has 0 aliphatic rings. The van der Waals surface area contributed by atoms with E-state index >= 15 is 0 Å². The quantitative estimate of drug-likeness (QED) is 0.813. The number of hydrogen-bond acceptors (Lipinski definition) is 4. The molecule has 1 aromatic carbocycles. The van der Waals surface area contributed by atoms with Crippen molar-refractivity contribution in [1.82, 2.24) is 4.31 Å². The number of sulfonamides is 1. The molecule has 2 N–H and O–H groups in total. The van der Waals surface area contributed by atoms with Crippen LogP contribution in [0.4, 0.5) is 0 Å². The molecule has 9 heteroatoms. The van der Waals surface area contributed by atoms with Crippen LogP contribution in [-0.2, 0) is 10.0 Å². The summed E-state index contributed by atoms with van der Waals surface area (Å²) in [6.45, 7) is 1.97. The maximum atomic E-state index is 12.4. The molecule has 0 heterocycles. The Balaban J connectivity index is 0.00000361. The van der Waals surface area contributed by atoms with Crippen LogP contribution < -0.4 is 10.5 Å². The molecule has 0 saturated heterocycles. The van der Waals surface area contributed by atoms with Gasteiger partial charge in [0, 0.05) is 24.1 Å². The molecule has 20 heavy (non-hydrogen) atoms. The summed E-state index contributed by atoms with van der Waals surface area (Å²) in [4.78, 5) is 0.0844. The van der Waals surface area contributed by atoms with Gasteiger partial charge in [0.05, 0.1) is 17.0 Å². The minimum absolute atomic E-state index is 0. The number of nitrogens with zero attached hydrogens (tertiary/aromatic N) is 1. The Labute approximate surface area is 139 Å². The molecule has 0 amide bonds. The molecule has 0 aliphatic carbocycles. The highest BCUT2D eigenvalue weighted by molar-refractivity contribution is 9.10. The Kier molecular flexibility index (Phi) is 7.80. The second kappa shape index (κ2) is 7.82. The molecule has 5 nitrogen and oxygen atoms in total. The third-order valence-corrected chi connectivity index (χ3v) is 6.05. The zero-order valence-electron chi connectivity index (χ0n) is 11.3. The summed E-state index contributed by atoms with van der Waals surface area (Å²) < 4.78 is 31.5. The SMILES string of the molecule is COc1cc(Br)c(S(=O)(=O)N(C)C(C)CN)cc1Cl.Cl. The highest BCUT2D eigenvalue weighted by atomic mass is 79.9. The first-order valence-corrected chi connectivity index (χ1v) is 8.08. The maximum Gasteiger partial charge on any atom is 0.244 e. The number of hydrogen-bond donors (Lipinski definition) is 1. The summed E-state index contributed by atoms with van der Waals surface area (Å²) in [5.41, 5.74) is 5.50. The van der Waals surface area contributed by atoms with Crippen molar-refractivity contribution in [3.8, 4) is 5.75 Å². The number of likely N-dealkylation sites (N-methyl/N-ethyl adjacent to an activating group) is 1. The minimum atomic E-state index is -3.66. The van der Waals surface area contributed by atoms with Gasteiger partial charge in [0.15, 0.2) is 0 Å². The number of nitrogens with two attached hydrogens (primary N) is 1. The Hall–Kier alpha value is -0.0500. The smallest absolute Gasteiger partial charge is 0.244 e. The molecular weight excluding hydrogens is 391 g/mol. The van der Waals surface area contributed by atoms with E-state index in [4.69, 9.17) is 22.1 Å². The summed E-state index contributed by atoms with van der Waals surface area (Å²) in [6, 6.07) is 2.58. The lowest BCUT2D eigenvalue weighted by atomic mass is 10.3. The van der Waals surface area contributed by atoms with Crippen molar-refractivity contribution in [1.29, 1.82) is 0 Å². The predicted molar refractivity (Wildman–Crippen MR) is 86.4 cm³/mol. The van der Waals surface area contributed by atoms with Crippen molar-refractivity contribution in [2.75, 3.05) is 20.7 Å². The van der Waals surface area contributed by atoms with Gasteiger partial charge in [-0.15, -0.1) is 12.4 Å². The van der Waals surface area contributed by atoms with Gasteiger partial charge in [-0.3, -0.25) is 0 Å². The average molecular weight is 408 g/mol. The van der Waals surface area contributed by atoms with Crippen LogP contribution in [0.2, 0.25) is 5.02 Å². The van der Waals surface area contributed by atoms with Crippen LogP contribution in [0.15, 0.2) is 21.5 Å². The van der Waals surface area contributed by atoms with Crippen LogP contribution in [0, 0.1) is 0 Å². The van der Waals surface area contributed by atoms with Gasteiger partial charge in [-0.1, -0.05) is 11.6 Å². The number of methoxy groups -OCH3 is 1. The highest BCUT2D eigenvalue weighted by Crippen LogP contribution is 2.34. The van der Waals surface area contributed by atoms with Crippen LogP contribution in [0.1, 0.15) is 6.92 Å². The summed E-state index contributed by atoms with van der Waals surface area (Å²) in [7, 11) is -0.716. The second-order valence-corrected chi connectivity index (χ2v) is 7.25. The molecule has 0 radical (unpaired) electrons. The van der Waals surface area contributed by atoms with Crippen LogP contribution in [0.25, 0.3) is 0 Å². The fraction of sp³-hybridized carbons (Fsp3) is 0.455. The Morgan fingerprint density at radius 2 is 2.05 bits per heavy atom. The predicted octanol–water partition coefficient (Wildman–Crippen LogP) is 2.50. The van der Waals surface area contributed by atoms with Crippen molar-refractivity contribution in [3.05, 3.63) is 21.6 Å². The second-order valence-electron chi connectivity index (χ2n) is 4.02. The van der Waals surface area contributed by atoms with Gasteiger partial charge in [-0.25, -0.2) is 8.42 Å². The first-order chi connectivity index (χ1) is 8.75. The first kappa shape index (κ1) is 19.9. The van der Waals surface area contributed by atoms with Gasteiger partial charge in [0.1, 0.15) is 5.75 Å². The van der Waals surface area contributed by atoms with Gasteiger partial charge in [0.2, 0.25) is 10.0 Å². The molecule has 1 atom stereocenters. The molecule has 1 unspecified atom stereocenters. The molecule has 0 spiro atoms. The zero-order valence-corrected chi connectivity index (χ0v) is 15.2. The van der Waals surface area contributed by atoms with Gasteiger partial charge >= 0.3 is 0 Å². The number of benzene rings is 1. The number of ether oxygens (including phenoxy) is 1. The van der Waals surface area contributed by atoms with Crippen LogP contribution in [-0.4, -0.2) is 39.5 Å². The Morgan fingerprint density at radius 3 is 2.50 bits per heavy atom. The largest absolute Gasteiger partial charge is 0.495 e. The Morgan fingerprint density at radius 1 is 1.50 bits per heavy atom. The summed E-state index contributed by atoms with van der Waals surface area (Å²) in [5, 5.41) is 0.234. The van der Waals surface area contributed by atoms with Crippen molar-refractivity contribution in [2.45, 2.75) is 17.9 Å². The van der Waals surface area contributed by atoms with E-state index in [0.717, 1.165) is 0 Å². The molecule has 0 saturated carbocycles. The monoisotopic (exact) mass is 406 g/mol. The molecule has 1 rings (SSSR count). The van der Waals surface area contributed by atoms with E-state index in [1.54, 1.807) is 6.92 Å². The van der Waals surface area contributed by atoms with Gasteiger partial charge < -0.3 is 10.5 Å². The molecule has 0 bridgehead atoms. The fourth-order valence-corrected chi connectivity index (χ4v) is 4.09. The lowest BCUT2D eigenvalue weighted by molar-refractivity contribution is 0.393. The molecular formula is C11H17BrCl2N2O3S. The summed E-state index contributed by atoms with van der Waals surface area (Å²) in [5.74, 6) is 0.405. The molecule has 116 valence electrons. The lowest BCUT2D eigenvalue weighted by Gasteiger charge is -2.23. The van der Waals surface area contributed by atoms with Crippen molar-refractivity contribution in [3.63, 3.8) is 0 Å². The summed E-state index contributed by atoms with van der Waals surface area (Å²) in [6.07, 6.45) is 0. The first-order valence-electron chi connectivity index (χ1n) is 5.46. The van der Waals surface area contributed by atoms with Crippen molar-refractivity contribution < 1.29 is 13.2 Å². The van der Waals surface area contributed by atoms with E-state index in [1.807, 2.05) is 0 Å². The van der Waals surface area contributed by atoms with E-state index < -0.39 is 10.0 Å². The number of halogens is 3. The lowest BCUT2D eigenvalue weighted by Crippen LogP contribution is -2.39.